The number of hydrogen-bond donors (Lipinski definition) is 1. The van der Waals surface area contributed by atoms with Crippen molar-refractivity contribution in [2.75, 3.05) is 11.4 Å². The lowest BCUT2D eigenvalue weighted by molar-refractivity contribution is -0.137. The molecule has 1 aliphatic rings. The number of hydrogen-bond acceptors (Lipinski definition) is 2. The highest BCUT2D eigenvalue weighted by atomic mass is 16.4. The third kappa shape index (κ3) is 4.31. The van der Waals surface area contributed by atoms with Crippen LogP contribution < -0.4 is 4.90 Å². The van der Waals surface area contributed by atoms with E-state index in [1.807, 2.05) is 31.2 Å². The summed E-state index contributed by atoms with van der Waals surface area (Å²) in [7, 11) is 0. The van der Waals surface area contributed by atoms with E-state index in [4.69, 9.17) is 5.11 Å². The maximum Gasteiger partial charge on any atom is 0.323 e. The van der Waals surface area contributed by atoms with Crippen LogP contribution in [0.1, 0.15) is 44.1 Å². The monoisotopic (exact) mass is 289 g/mol. The molecule has 0 spiro atoms. The number of carboxylic acids is 1. The van der Waals surface area contributed by atoms with E-state index in [0.29, 0.717) is 5.69 Å². The molecule has 0 atom stereocenters. The van der Waals surface area contributed by atoms with Crippen LogP contribution in [-0.2, 0) is 9.59 Å². The number of amides is 1. The highest BCUT2D eigenvalue weighted by molar-refractivity contribution is 5.98. The Kier molecular flexibility index (Phi) is 5.37. The van der Waals surface area contributed by atoms with Crippen molar-refractivity contribution in [1.82, 2.24) is 0 Å². The van der Waals surface area contributed by atoms with Gasteiger partial charge in [-0.05, 0) is 31.9 Å². The molecule has 0 radical (unpaired) electrons. The van der Waals surface area contributed by atoms with Crippen molar-refractivity contribution in [3.8, 4) is 0 Å². The maximum absolute atomic E-state index is 12.7. The van der Waals surface area contributed by atoms with E-state index in [1.165, 1.54) is 17.7 Å². The number of aryl methyl sites for hydroxylation is 1. The minimum absolute atomic E-state index is 0.0341. The van der Waals surface area contributed by atoms with Crippen molar-refractivity contribution >= 4 is 17.6 Å². The summed E-state index contributed by atoms with van der Waals surface area (Å²) in [6.45, 7) is 1.71. The zero-order valence-corrected chi connectivity index (χ0v) is 12.5. The molecule has 1 aliphatic carbocycles. The molecule has 0 aliphatic heterocycles. The lowest BCUT2D eigenvalue weighted by Gasteiger charge is -2.25. The van der Waals surface area contributed by atoms with Crippen LogP contribution in [0.2, 0.25) is 0 Å². The van der Waals surface area contributed by atoms with Crippen LogP contribution in [-0.4, -0.2) is 23.5 Å². The molecule has 2 rings (SSSR count). The molecule has 1 amide bonds. The fourth-order valence-corrected chi connectivity index (χ4v) is 2.90. The first-order chi connectivity index (χ1) is 10.1. The Bertz CT molecular complexity index is 487. The molecule has 0 aromatic heterocycles. The largest absolute Gasteiger partial charge is 0.480 e. The number of carbonyl (C=O) groups is 2. The minimum Gasteiger partial charge on any atom is -0.480 e. The van der Waals surface area contributed by atoms with Gasteiger partial charge in [-0.1, -0.05) is 43.4 Å². The molecular weight excluding hydrogens is 266 g/mol. The standard InChI is InChI=1S/C17H23NO3/c1-13-8-10-15(11-9-13)18(12-16(19)20)17(21)14-6-4-2-3-5-7-14/h8-11,14H,2-7,12H2,1H3,(H,19,20). The third-order valence-electron chi connectivity index (χ3n) is 4.11. The maximum atomic E-state index is 12.7. The quantitative estimate of drug-likeness (QED) is 0.864. The first-order valence-electron chi connectivity index (χ1n) is 7.68. The molecule has 0 saturated heterocycles. The fraction of sp³-hybridized carbons (Fsp3) is 0.529. The summed E-state index contributed by atoms with van der Waals surface area (Å²) in [6.07, 6.45) is 6.22. The number of anilines is 1. The number of rotatable bonds is 4. The molecule has 4 heteroatoms. The van der Waals surface area contributed by atoms with Gasteiger partial charge in [-0.15, -0.1) is 0 Å². The first kappa shape index (κ1) is 15.5. The number of nitrogens with zero attached hydrogens (tertiary/aromatic N) is 1. The van der Waals surface area contributed by atoms with E-state index < -0.39 is 5.97 Å². The van der Waals surface area contributed by atoms with Crippen LogP contribution in [0.3, 0.4) is 0 Å². The molecule has 1 N–H and O–H groups in total. The summed E-state index contributed by atoms with van der Waals surface area (Å²) in [5.41, 5.74) is 1.77. The summed E-state index contributed by atoms with van der Waals surface area (Å²) in [6, 6.07) is 7.47. The Morgan fingerprint density at radius 3 is 2.19 bits per heavy atom. The van der Waals surface area contributed by atoms with Gasteiger partial charge in [0.05, 0.1) is 0 Å². The lowest BCUT2D eigenvalue weighted by Crippen LogP contribution is -2.39. The van der Waals surface area contributed by atoms with Gasteiger partial charge in [-0.25, -0.2) is 0 Å². The third-order valence-corrected chi connectivity index (χ3v) is 4.11. The van der Waals surface area contributed by atoms with Crippen molar-refractivity contribution in [3.63, 3.8) is 0 Å². The smallest absolute Gasteiger partial charge is 0.323 e. The molecular formula is C17H23NO3. The average molecular weight is 289 g/mol. The van der Waals surface area contributed by atoms with Gasteiger partial charge in [-0.3, -0.25) is 9.59 Å². The van der Waals surface area contributed by atoms with E-state index >= 15 is 0 Å². The predicted octanol–water partition coefficient (Wildman–Crippen LogP) is 3.38. The molecule has 0 bridgehead atoms. The van der Waals surface area contributed by atoms with Crippen LogP contribution in [0.25, 0.3) is 0 Å². The van der Waals surface area contributed by atoms with Gasteiger partial charge < -0.3 is 10.0 Å². The van der Waals surface area contributed by atoms with Crippen LogP contribution in [0.15, 0.2) is 24.3 Å². The summed E-state index contributed by atoms with van der Waals surface area (Å²) in [4.78, 5) is 25.3. The van der Waals surface area contributed by atoms with E-state index in [2.05, 4.69) is 0 Å². The summed E-state index contributed by atoms with van der Waals surface area (Å²) in [5, 5.41) is 9.11. The molecule has 114 valence electrons. The second-order valence-corrected chi connectivity index (χ2v) is 5.84. The van der Waals surface area contributed by atoms with Gasteiger partial charge in [0, 0.05) is 11.6 Å². The minimum atomic E-state index is -0.974. The predicted molar refractivity (Wildman–Crippen MR) is 82.4 cm³/mol. The van der Waals surface area contributed by atoms with Crippen molar-refractivity contribution in [2.24, 2.45) is 5.92 Å². The SMILES string of the molecule is Cc1ccc(N(CC(=O)O)C(=O)C2CCCCCC2)cc1. The number of benzene rings is 1. The molecule has 1 aromatic carbocycles. The normalized spacial score (nSPS) is 16.2. The molecule has 1 saturated carbocycles. The first-order valence-corrected chi connectivity index (χ1v) is 7.68. The Hall–Kier alpha value is -1.84. The summed E-state index contributed by atoms with van der Waals surface area (Å²) >= 11 is 0. The van der Waals surface area contributed by atoms with Gasteiger partial charge in [0.1, 0.15) is 6.54 Å². The lowest BCUT2D eigenvalue weighted by atomic mass is 9.98. The van der Waals surface area contributed by atoms with E-state index in [1.54, 1.807) is 0 Å². The van der Waals surface area contributed by atoms with Crippen molar-refractivity contribution in [3.05, 3.63) is 29.8 Å². The van der Waals surface area contributed by atoms with Gasteiger partial charge in [-0.2, -0.15) is 0 Å². The molecule has 1 fully saturated rings. The van der Waals surface area contributed by atoms with Crippen molar-refractivity contribution in [1.29, 1.82) is 0 Å². The van der Waals surface area contributed by atoms with Gasteiger partial charge in [0.2, 0.25) is 5.91 Å². The highest BCUT2D eigenvalue weighted by Gasteiger charge is 2.27. The van der Waals surface area contributed by atoms with E-state index in [-0.39, 0.29) is 18.4 Å². The second kappa shape index (κ2) is 7.25. The number of aliphatic carboxylic acids is 1. The Morgan fingerprint density at radius 1 is 1.10 bits per heavy atom. The zero-order valence-electron chi connectivity index (χ0n) is 12.5. The fourth-order valence-electron chi connectivity index (χ4n) is 2.90. The van der Waals surface area contributed by atoms with Gasteiger partial charge in [0.25, 0.3) is 0 Å². The summed E-state index contributed by atoms with van der Waals surface area (Å²) in [5.74, 6) is -1.05. The molecule has 21 heavy (non-hydrogen) atoms. The summed E-state index contributed by atoms with van der Waals surface area (Å²) < 4.78 is 0. The molecule has 4 nitrogen and oxygen atoms in total. The van der Waals surface area contributed by atoms with Crippen LogP contribution in [0.5, 0.6) is 0 Å². The van der Waals surface area contributed by atoms with E-state index in [9.17, 15) is 9.59 Å². The van der Waals surface area contributed by atoms with Crippen LogP contribution in [0.4, 0.5) is 5.69 Å². The molecule has 0 heterocycles. The topological polar surface area (TPSA) is 57.6 Å². The van der Waals surface area contributed by atoms with Gasteiger partial charge >= 0.3 is 5.97 Å². The van der Waals surface area contributed by atoms with Crippen LogP contribution in [0, 0.1) is 12.8 Å². The van der Waals surface area contributed by atoms with Crippen LogP contribution >= 0.6 is 0 Å². The Balaban J connectivity index is 2.19. The highest BCUT2D eigenvalue weighted by Crippen LogP contribution is 2.27. The van der Waals surface area contributed by atoms with Gasteiger partial charge in [0.15, 0.2) is 0 Å². The second-order valence-electron chi connectivity index (χ2n) is 5.84. The van der Waals surface area contributed by atoms with Crippen molar-refractivity contribution in [2.45, 2.75) is 45.4 Å². The van der Waals surface area contributed by atoms with E-state index in [0.717, 1.165) is 31.2 Å². The average Bonchev–Trinajstić information content (AvgIpc) is 2.74. The molecule has 0 unspecified atom stereocenters. The van der Waals surface area contributed by atoms with Crippen molar-refractivity contribution < 1.29 is 14.7 Å². The Morgan fingerprint density at radius 2 is 1.67 bits per heavy atom. The Labute approximate surface area is 125 Å². The number of carbonyl (C=O) groups excluding carboxylic acids is 1. The zero-order chi connectivity index (χ0) is 15.2. The number of carboxylic acid groups (broad SMARTS) is 1. The molecule has 1 aromatic rings.